The number of rotatable bonds is 7. The molecule has 0 saturated carbocycles. The van der Waals surface area contributed by atoms with Crippen LogP contribution < -0.4 is 10.9 Å². The summed E-state index contributed by atoms with van der Waals surface area (Å²) in [6, 6.07) is 0. The predicted molar refractivity (Wildman–Crippen MR) is 97.5 cm³/mol. The summed E-state index contributed by atoms with van der Waals surface area (Å²) in [6.07, 6.45) is 0.420. The lowest BCUT2D eigenvalue weighted by Gasteiger charge is -2.16. The van der Waals surface area contributed by atoms with Crippen molar-refractivity contribution in [2.75, 3.05) is 6.61 Å². The van der Waals surface area contributed by atoms with Crippen LogP contribution in [-0.2, 0) is 23.1 Å². The summed E-state index contributed by atoms with van der Waals surface area (Å²) in [5, 5.41) is 6.17. The standard InChI is InChI=1S/C18H28N4O3/c1-10(2)7-8-25-13(5)17(23)19-9-14-11(3)15-16(20-12(14)4)22(6)21-18(15)24/h10,13H,7-9H2,1-6H3,(H,19,23)(H,21,24)/t13-/m0/s1. The number of fused-ring (bicyclic) bond motifs is 1. The van der Waals surface area contributed by atoms with Gasteiger partial charge in [-0.2, -0.15) is 0 Å². The van der Waals surface area contributed by atoms with E-state index in [9.17, 15) is 9.59 Å². The van der Waals surface area contributed by atoms with Gasteiger partial charge in [0.15, 0.2) is 5.65 Å². The van der Waals surface area contributed by atoms with Gasteiger partial charge >= 0.3 is 0 Å². The summed E-state index contributed by atoms with van der Waals surface area (Å²) in [5.74, 6) is 0.381. The van der Waals surface area contributed by atoms with Crippen molar-refractivity contribution < 1.29 is 9.53 Å². The fourth-order valence-corrected chi connectivity index (χ4v) is 2.78. The molecule has 2 heterocycles. The molecule has 0 radical (unpaired) electrons. The van der Waals surface area contributed by atoms with Gasteiger partial charge in [-0.3, -0.25) is 19.4 Å². The summed E-state index contributed by atoms with van der Waals surface area (Å²) in [5.41, 5.74) is 2.97. The second-order valence-corrected chi connectivity index (χ2v) is 6.91. The molecule has 2 aromatic heterocycles. The smallest absolute Gasteiger partial charge is 0.273 e. The molecule has 0 unspecified atom stereocenters. The Labute approximate surface area is 147 Å². The second kappa shape index (κ2) is 7.82. The normalized spacial score (nSPS) is 12.8. The van der Waals surface area contributed by atoms with Gasteiger partial charge in [-0.05, 0) is 44.2 Å². The summed E-state index contributed by atoms with van der Waals surface area (Å²) < 4.78 is 7.19. The van der Waals surface area contributed by atoms with Gasteiger partial charge in [-0.25, -0.2) is 4.98 Å². The summed E-state index contributed by atoms with van der Waals surface area (Å²) in [7, 11) is 1.76. The molecule has 0 fully saturated rings. The van der Waals surface area contributed by atoms with Crippen LogP contribution in [0.25, 0.3) is 11.0 Å². The van der Waals surface area contributed by atoms with E-state index < -0.39 is 6.10 Å². The highest BCUT2D eigenvalue weighted by Gasteiger charge is 2.18. The van der Waals surface area contributed by atoms with Gasteiger partial charge in [-0.15, -0.1) is 0 Å². The largest absolute Gasteiger partial charge is 0.369 e. The molecule has 0 saturated heterocycles. The second-order valence-electron chi connectivity index (χ2n) is 6.91. The zero-order valence-corrected chi connectivity index (χ0v) is 15.9. The zero-order chi connectivity index (χ0) is 18.7. The van der Waals surface area contributed by atoms with Crippen molar-refractivity contribution in [3.05, 3.63) is 27.2 Å². The number of nitrogens with one attached hydrogen (secondary N) is 2. The Bertz CT molecular complexity index is 820. The third-order valence-corrected chi connectivity index (χ3v) is 4.45. The Morgan fingerprint density at radius 1 is 1.32 bits per heavy atom. The minimum atomic E-state index is -0.504. The van der Waals surface area contributed by atoms with Crippen molar-refractivity contribution in [1.29, 1.82) is 0 Å². The summed E-state index contributed by atoms with van der Waals surface area (Å²) in [4.78, 5) is 28.8. The van der Waals surface area contributed by atoms with E-state index >= 15 is 0 Å². The van der Waals surface area contributed by atoms with E-state index in [1.165, 1.54) is 0 Å². The van der Waals surface area contributed by atoms with E-state index in [2.05, 4.69) is 29.2 Å². The van der Waals surface area contributed by atoms with Crippen LogP contribution in [0.4, 0.5) is 0 Å². The van der Waals surface area contributed by atoms with Crippen LogP contribution in [-0.4, -0.2) is 33.4 Å². The number of hydrogen-bond donors (Lipinski definition) is 2. The number of carbonyl (C=O) groups is 1. The molecule has 0 aliphatic rings. The number of carbonyl (C=O) groups excluding carboxylic acids is 1. The van der Waals surface area contributed by atoms with E-state index in [0.717, 1.165) is 23.2 Å². The average Bonchev–Trinajstić information content (AvgIpc) is 2.80. The van der Waals surface area contributed by atoms with Crippen molar-refractivity contribution >= 4 is 16.9 Å². The van der Waals surface area contributed by atoms with E-state index in [0.29, 0.717) is 30.1 Å². The molecule has 25 heavy (non-hydrogen) atoms. The molecule has 0 aromatic carbocycles. The molecular weight excluding hydrogens is 320 g/mol. The highest BCUT2D eigenvalue weighted by atomic mass is 16.5. The molecule has 2 N–H and O–H groups in total. The number of aromatic amines is 1. The highest BCUT2D eigenvalue weighted by Crippen LogP contribution is 2.19. The van der Waals surface area contributed by atoms with E-state index in [1.54, 1.807) is 18.7 Å². The van der Waals surface area contributed by atoms with Crippen LogP contribution >= 0.6 is 0 Å². The van der Waals surface area contributed by atoms with Gasteiger partial charge in [0.2, 0.25) is 5.91 Å². The maximum atomic E-state index is 12.2. The SMILES string of the molecule is Cc1nc2c(c(C)c1CNC(=O)[C@H](C)OCCC(C)C)c(=O)[nH]n2C. The van der Waals surface area contributed by atoms with E-state index in [-0.39, 0.29) is 11.5 Å². The molecule has 7 heteroatoms. The third-order valence-electron chi connectivity index (χ3n) is 4.45. The third kappa shape index (κ3) is 4.28. The van der Waals surface area contributed by atoms with Crippen LogP contribution in [0.1, 0.15) is 44.0 Å². The summed E-state index contributed by atoms with van der Waals surface area (Å²) >= 11 is 0. The monoisotopic (exact) mass is 348 g/mol. The Kier molecular flexibility index (Phi) is 6.00. The first-order valence-electron chi connectivity index (χ1n) is 8.66. The van der Waals surface area contributed by atoms with Gasteiger partial charge < -0.3 is 10.1 Å². The lowest BCUT2D eigenvalue weighted by atomic mass is 10.0. The van der Waals surface area contributed by atoms with Crippen molar-refractivity contribution in [3.8, 4) is 0 Å². The van der Waals surface area contributed by atoms with Crippen LogP contribution in [0.15, 0.2) is 4.79 Å². The van der Waals surface area contributed by atoms with Crippen LogP contribution in [0.3, 0.4) is 0 Å². The van der Waals surface area contributed by atoms with E-state index in [1.807, 2.05) is 13.8 Å². The number of nitrogens with zero attached hydrogens (tertiary/aromatic N) is 2. The fourth-order valence-electron chi connectivity index (χ4n) is 2.78. The summed E-state index contributed by atoms with van der Waals surface area (Å²) in [6.45, 7) is 10.6. The molecule has 2 aromatic rings. The molecule has 1 amide bonds. The molecule has 138 valence electrons. The molecule has 0 spiro atoms. The lowest BCUT2D eigenvalue weighted by molar-refractivity contribution is -0.132. The highest BCUT2D eigenvalue weighted by molar-refractivity contribution is 5.82. The molecule has 1 atom stereocenters. The number of aromatic nitrogens is 3. The van der Waals surface area contributed by atoms with Crippen molar-refractivity contribution in [2.45, 2.75) is 53.7 Å². The fraction of sp³-hybridized carbons (Fsp3) is 0.611. The molecule has 0 bridgehead atoms. The van der Waals surface area contributed by atoms with Crippen LogP contribution in [0.2, 0.25) is 0 Å². The predicted octanol–water partition coefficient (Wildman–Crippen LogP) is 1.95. The first-order valence-corrected chi connectivity index (χ1v) is 8.66. The minimum Gasteiger partial charge on any atom is -0.369 e. The Balaban J connectivity index is 2.09. The number of ether oxygens (including phenoxy) is 1. The first-order chi connectivity index (χ1) is 11.7. The van der Waals surface area contributed by atoms with Crippen molar-refractivity contribution in [2.24, 2.45) is 13.0 Å². The lowest BCUT2D eigenvalue weighted by Crippen LogP contribution is -2.34. The maximum absolute atomic E-state index is 12.2. The molecule has 7 nitrogen and oxygen atoms in total. The average molecular weight is 348 g/mol. The van der Waals surface area contributed by atoms with Crippen molar-refractivity contribution in [1.82, 2.24) is 20.1 Å². The molecular formula is C18H28N4O3. The van der Waals surface area contributed by atoms with Gasteiger partial charge in [0.1, 0.15) is 6.10 Å². The number of hydrogen-bond acceptors (Lipinski definition) is 4. The van der Waals surface area contributed by atoms with Gasteiger partial charge in [0.05, 0.1) is 5.39 Å². The van der Waals surface area contributed by atoms with E-state index in [4.69, 9.17) is 4.74 Å². The zero-order valence-electron chi connectivity index (χ0n) is 15.9. The van der Waals surface area contributed by atoms with Crippen LogP contribution in [0, 0.1) is 19.8 Å². The Hall–Kier alpha value is -2.15. The molecule has 2 rings (SSSR count). The quantitative estimate of drug-likeness (QED) is 0.800. The van der Waals surface area contributed by atoms with Crippen molar-refractivity contribution in [3.63, 3.8) is 0 Å². The minimum absolute atomic E-state index is 0.162. The first kappa shape index (κ1) is 19.2. The van der Waals surface area contributed by atoms with Crippen LogP contribution in [0.5, 0.6) is 0 Å². The molecule has 0 aliphatic heterocycles. The van der Waals surface area contributed by atoms with Gasteiger partial charge in [0, 0.05) is 25.9 Å². The Morgan fingerprint density at radius 3 is 2.64 bits per heavy atom. The van der Waals surface area contributed by atoms with Gasteiger partial charge in [-0.1, -0.05) is 13.8 Å². The number of amides is 1. The number of pyridine rings is 1. The van der Waals surface area contributed by atoms with Gasteiger partial charge in [0.25, 0.3) is 5.56 Å². The number of H-pyrrole nitrogens is 1. The Morgan fingerprint density at radius 2 is 2.00 bits per heavy atom. The topological polar surface area (TPSA) is 89.0 Å². The molecule has 0 aliphatic carbocycles. The number of aryl methyl sites for hydroxylation is 3. The maximum Gasteiger partial charge on any atom is 0.273 e.